The van der Waals surface area contributed by atoms with Gasteiger partial charge in [0.15, 0.2) is 0 Å². The number of aromatic nitrogens is 2. The van der Waals surface area contributed by atoms with Crippen molar-refractivity contribution in [1.82, 2.24) is 14.9 Å². The number of amides is 1. The molecule has 1 amide bonds. The van der Waals surface area contributed by atoms with Crippen LogP contribution in [0.5, 0.6) is 0 Å². The zero-order valence-electron chi connectivity index (χ0n) is 10.7. The van der Waals surface area contributed by atoms with Gasteiger partial charge in [-0.05, 0) is 24.5 Å². The molecular weight excluding hydrogens is 226 g/mol. The van der Waals surface area contributed by atoms with E-state index in [0.717, 1.165) is 29.4 Å². The summed E-state index contributed by atoms with van der Waals surface area (Å²) in [5.41, 5.74) is 2.79. The lowest BCUT2D eigenvalue weighted by Crippen LogP contribution is -2.41. The third-order valence-electron chi connectivity index (χ3n) is 3.87. The molecule has 3 heterocycles. The van der Waals surface area contributed by atoms with E-state index in [1.165, 1.54) is 5.56 Å². The molecule has 0 fully saturated rings. The summed E-state index contributed by atoms with van der Waals surface area (Å²) in [4.78, 5) is 21.9. The molecule has 0 unspecified atom stereocenters. The Morgan fingerprint density at radius 3 is 2.94 bits per heavy atom. The number of carbonyl (C=O) groups excluding carboxylic acids is 1. The quantitative estimate of drug-likeness (QED) is 0.901. The Kier molecular flexibility index (Phi) is 2.58. The van der Waals surface area contributed by atoms with Gasteiger partial charge in [-0.25, -0.2) is 4.98 Å². The van der Waals surface area contributed by atoms with Crippen LogP contribution >= 0.6 is 0 Å². The van der Waals surface area contributed by atoms with E-state index >= 15 is 0 Å². The number of rotatable bonds is 3. The Hall–Kier alpha value is -1.84. The molecule has 1 aliphatic heterocycles. The molecule has 94 valence electrons. The maximum absolute atomic E-state index is 12.5. The standard InChI is InChI=1S/C14H17N3O/c1-3-10(4-2)17-8-9-7-16-13-12(9)11(14(17)18)5-6-15-13/h5-7,10H,3-4,8H2,1-2H3,(H,15,16). The average molecular weight is 243 g/mol. The summed E-state index contributed by atoms with van der Waals surface area (Å²) < 4.78 is 0. The monoisotopic (exact) mass is 243 g/mol. The van der Waals surface area contributed by atoms with Crippen LogP contribution < -0.4 is 0 Å². The molecular formula is C14H17N3O. The Labute approximate surface area is 106 Å². The molecule has 0 radical (unpaired) electrons. The Balaban J connectivity index is 2.12. The molecule has 18 heavy (non-hydrogen) atoms. The van der Waals surface area contributed by atoms with Crippen molar-refractivity contribution >= 4 is 16.9 Å². The van der Waals surface area contributed by atoms with Crippen molar-refractivity contribution in [3.63, 3.8) is 0 Å². The van der Waals surface area contributed by atoms with Gasteiger partial charge in [-0.15, -0.1) is 0 Å². The summed E-state index contributed by atoms with van der Waals surface area (Å²) in [5.74, 6) is 0.142. The van der Waals surface area contributed by atoms with E-state index in [-0.39, 0.29) is 5.91 Å². The molecule has 0 aliphatic carbocycles. The van der Waals surface area contributed by atoms with E-state index in [1.54, 1.807) is 6.20 Å². The van der Waals surface area contributed by atoms with Crippen LogP contribution in [-0.4, -0.2) is 26.8 Å². The minimum absolute atomic E-state index is 0.142. The van der Waals surface area contributed by atoms with Gasteiger partial charge in [-0.2, -0.15) is 0 Å². The van der Waals surface area contributed by atoms with E-state index in [2.05, 4.69) is 23.8 Å². The number of hydrogen-bond donors (Lipinski definition) is 1. The summed E-state index contributed by atoms with van der Waals surface area (Å²) in [6.07, 6.45) is 5.67. The first-order chi connectivity index (χ1) is 8.76. The highest BCUT2D eigenvalue weighted by atomic mass is 16.2. The van der Waals surface area contributed by atoms with Gasteiger partial charge in [0.05, 0.1) is 5.56 Å². The normalized spacial score (nSPS) is 14.8. The predicted molar refractivity (Wildman–Crippen MR) is 70.3 cm³/mol. The lowest BCUT2D eigenvalue weighted by atomic mass is 9.99. The van der Waals surface area contributed by atoms with Crippen LogP contribution in [0.2, 0.25) is 0 Å². The van der Waals surface area contributed by atoms with Crippen molar-refractivity contribution in [2.75, 3.05) is 0 Å². The maximum atomic E-state index is 12.5. The highest BCUT2D eigenvalue weighted by molar-refractivity contribution is 6.08. The zero-order chi connectivity index (χ0) is 12.7. The molecule has 1 aliphatic rings. The van der Waals surface area contributed by atoms with Crippen molar-refractivity contribution in [2.45, 2.75) is 39.3 Å². The summed E-state index contributed by atoms with van der Waals surface area (Å²) in [6.45, 7) is 4.97. The van der Waals surface area contributed by atoms with E-state index in [0.29, 0.717) is 12.6 Å². The number of hydrogen-bond acceptors (Lipinski definition) is 2. The average Bonchev–Trinajstić information content (AvgIpc) is 2.81. The largest absolute Gasteiger partial charge is 0.346 e. The fourth-order valence-corrected chi connectivity index (χ4v) is 2.86. The van der Waals surface area contributed by atoms with E-state index < -0.39 is 0 Å². The van der Waals surface area contributed by atoms with E-state index in [4.69, 9.17) is 0 Å². The third kappa shape index (κ3) is 1.45. The van der Waals surface area contributed by atoms with Crippen molar-refractivity contribution in [2.24, 2.45) is 0 Å². The van der Waals surface area contributed by atoms with Crippen LogP contribution in [0.1, 0.15) is 42.6 Å². The highest BCUT2D eigenvalue weighted by Gasteiger charge is 2.30. The first kappa shape index (κ1) is 11.3. The minimum atomic E-state index is 0.142. The van der Waals surface area contributed by atoms with Gasteiger partial charge in [0.25, 0.3) is 5.91 Å². The number of pyridine rings is 1. The molecule has 0 saturated carbocycles. The van der Waals surface area contributed by atoms with Crippen LogP contribution in [0.3, 0.4) is 0 Å². The lowest BCUT2D eigenvalue weighted by Gasteiger charge is -2.33. The molecule has 2 aromatic heterocycles. The number of nitrogens with zero attached hydrogens (tertiary/aromatic N) is 2. The SMILES string of the molecule is CCC(CC)N1Cc2c[nH]c3nccc(c23)C1=O. The fourth-order valence-electron chi connectivity index (χ4n) is 2.86. The summed E-state index contributed by atoms with van der Waals surface area (Å²) >= 11 is 0. The van der Waals surface area contributed by atoms with Crippen molar-refractivity contribution in [3.8, 4) is 0 Å². The van der Waals surface area contributed by atoms with Crippen LogP contribution in [0.25, 0.3) is 11.0 Å². The molecule has 0 spiro atoms. The second-order valence-corrected chi connectivity index (χ2v) is 4.80. The van der Waals surface area contributed by atoms with Gasteiger partial charge in [0.2, 0.25) is 0 Å². The second-order valence-electron chi connectivity index (χ2n) is 4.80. The Bertz CT molecular complexity index is 598. The number of aromatic amines is 1. The molecule has 0 bridgehead atoms. The molecule has 2 aromatic rings. The van der Waals surface area contributed by atoms with Gasteiger partial charge in [0.1, 0.15) is 5.65 Å². The highest BCUT2D eigenvalue weighted by Crippen LogP contribution is 2.30. The van der Waals surface area contributed by atoms with Crippen LogP contribution in [0, 0.1) is 0 Å². The first-order valence-electron chi connectivity index (χ1n) is 6.52. The van der Waals surface area contributed by atoms with E-state index in [9.17, 15) is 4.79 Å². The predicted octanol–water partition coefficient (Wildman–Crippen LogP) is 2.71. The van der Waals surface area contributed by atoms with Crippen LogP contribution in [-0.2, 0) is 6.54 Å². The molecule has 0 aromatic carbocycles. The van der Waals surface area contributed by atoms with Crippen molar-refractivity contribution in [1.29, 1.82) is 0 Å². The van der Waals surface area contributed by atoms with Crippen LogP contribution in [0.15, 0.2) is 18.5 Å². The van der Waals surface area contributed by atoms with Gasteiger partial charge in [-0.1, -0.05) is 13.8 Å². The zero-order valence-corrected chi connectivity index (χ0v) is 10.7. The molecule has 0 atom stereocenters. The Morgan fingerprint density at radius 2 is 2.22 bits per heavy atom. The fraction of sp³-hybridized carbons (Fsp3) is 0.429. The van der Waals surface area contributed by atoms with Crippen LogP contribution in [0.4, 0.5) is 0 Å². The van der Waals surface area contributed by atoms with Crippen molar-refractivity contribution < 1.29 is 4.79 Å². The number of H-pyrrole nitrogens is 1. The summed E-state index contributed by atoms with van der Waals surface area (Å²) in [6, 6.07) is 2.15. The Morgan fingerprint density at radius 1 is 1.44 bits per heavy atom. The molecule has 0 saturated heterocycles. The van der Waals surface area contributed by atoms with Gasteiger partial charge >= 0.3 is 0 Å². The topological polar surface area (TPSA) is 49.0 Å². The summed E-state index contributed by atoms with van der Waals surface area (Å²) in [5, 5.41) is 1.00. The van der Waals surface area contributed by atoms with Crippen molar-refractivity contribution in [3.05, 3.63) is 29.6 Å². The summed E-state index contributed by atoms with van der Waals surface area (Å²) in [7, 11) is 0. The minimum Gasteiger partial charge on any atom is -0.346 e. The van der Waals surface area contributed by atoms with E-state index in [1.807, 2.05) is 17.2 Å². The molecule has 1 N–H and O–H groups in total. The molecule has 4 heteroatoms. The second kappa shape index (κ2) is 4.12. The number of carbonyl (C=O) groups is 1. The van der Waals surface area contributed by atoms with Gasteiger partial charge in [0, 0.05) is 30.4 Å². The number of nitrogens with one attached hydrogen (secondary N) is 1. The third-order valence-corrected chi connectivity index (χ3v) is 3.87. The smallest absolute Gasteiger partial charge is 0.255 e. The van der Waals surface area contributed by atoms with Gasteiger partial charge < -0.3 is 9.88 Å². The molecule has 4 nitrogen and oxygen atoms in total. The van der Waals surface area contributed by atoms with Gasteiger partial charge in [-0.3, -0.25) is 4.79 Å². The molecule has 3 rings (SSSR count). The first-order valence-corrected chi connectivity index (χ1v) is 6.52. The maximum Gasteiger partial charge on any atom is 0.255 e. The lowest BCUT2D eigenvalue weighted by molar-refractivity contribution is 0.0643.